The molecule has 1 N–H and O–H groups in total. The highest BCUT2D eigenvalue weighted by Gasteiger charge is 2.19. The Kier molecular flexibility index (Phi) is 7.21. The van der Waals surface area contributed by atoms with Crippen molar-refractivity contribution in [2.75, 3.05) is 25.4 Å². The van der Waals surface area contributed by atoms with Gasteiger partial charge in [-0.05, 0) is 11.6 Å². The number of hydrogen-bond acceptors (Lipinski definition) is 4. The van der Waals surface area contributed by atoms with E-state index < -0.39 is 20.0 Å². The summed E-state index contributed by atoms with van der Waals surface area (Å²) in [7, 11) is -7.08. The van der Waals surface area contributed by atoms with Crippen LogP contribution in [0.25, 0.3) is 6.08 Å². The van der Waals surface area contributed by atoms with Crippen LogP contribution in [0.2, 0.25) is 0 Å². The number of hydrogen-bond donors (Lipinski definition) is 1. The van der Waals surface area contributed by atoms with Crippen LogP contribution >= 0.6 is 0 Å². The lowest BCUT2D eigenvalue weighted by Crippen LogP contribution is -2.37. The zero-order valence-corrected chi connectivity index (χ0v) is 14.4. The molecule has 0 unspecified atom stereocenters. The van der Waals surface area contributed by atoms with Gasteiger partial charge in [-0.2, -0.15) is 0 Å². The molecule has 0 aliphatic rings. The first-order valence-electron chi connectivity index (χ1n) is 7.01. The van der Waals surface area contributed by atoms with Crippen molar-refractivity contribution in [2.24, 2.45) is 0 Å². The van der Waals surface area contributed by atoms with E-state index in [0.717, 1.165) is 11.0 Å². The van der Waals surface area contributed by atoms with Crippen LogP contribution in [-0.2, 0) is 20.0 Å². The minimum atomic E-state index is -3.65. The second-order valence-corrected chi connectivity index (χ2v) is 8.29. The van der Waals surface area contributed by atoms with Gasteiger partial charge in [-0.3, -0.25) is 0 Å². The van der Waals surface area contributed by atoms with Crippen molar-refractivity contribution in [1.82, 2.24) is 9.03 Å². The molecule has 0 saturated carbocycles. The van der Waals surface area contributed by atoms with Crippen LogP contribution in [-0.4, -0.2) is 46.5 Å². The molecule has 0 aliphatic carbocycles. The minimum absolute atomic E-state index is 0.152. The van der Waals surface area contributed by atoms with Crippen LogP contribution in [0.1, 0.15) is 19.4 Å². The van der Waals surface area contributed by atoms with E-state index in [2.05, 4.69) is 4.72 Å². The third-order valence-electron chi connectivity index (χ3n) is 3.00. The van der Waals surface area contributed by atoms with Crippen molar-refractivity contribution in [3.05, 3.63) is 41.3 Å². The molecule has 0 spiro atoms. The van der Waals surface area contributed by atoms with Crippen LogP contribution in [0, 0.1) is 0 Å². The third kappa shape index (κ3) is 6.27. The first-order chi connectivity index (χ1) is 10.3. The lowest BCUT2D eigenvalue weighted by atomic mass is 10.2. The summed E-state index contributed by atoms with van der Waals surface area (Å²) in [6.07, 6.45) is 1.46. The van der Waals surface area contributed by atoms with Crippen molar-refractivity contribution in [3.63, 3.8) is 0 Å². The zero-order chi connectivity index (χ0) is 16.6. The molecular weight excluding hydrogens is 324 g/mol. The van der Waals surface area contributed by atoms with Gasteiger partial charge in [0.05, 0.1) is 5.75 Å². The molecule has 0 radical (unpaired) electrons. The second-order valence-electron chi connectivity index (χ2n) is 4.55. The summed E-state index contributed by atoms with van der Waals surface area (Å²) in [5.74, 6) is -0.257. The number of rotatable bonds is 9. The summed E-state index contributed by atoms with van der Waals surface area (Å²) < 4.78 is 51.0. The fourth-order valence-corrected chi connectivity index (χ4v) is 4.19. The van der Waals surface area contributed by atoms with Crippen LogP contribution < -0.4 is 4.72 Å². The molecule has 1 aromatic carbocycles. The number of benzene rings is 1. The largest absolute Gasteiger partial charge is 0.233 e. The highest BCUT2D eigenvalue weighted by Crippen LogP contribution is 2.03. The minimum Gasteiger partial charge on any atom is -0.212 e. The van der Waals surface area contributed by atoms with E-state index in [-0.39, 0.29) is 12.3 Å². The molecule has 6 nitrogen and oxygen atoms in total. The smallest absolute Gasteiger partial charge is 0.212 e. The van der Waals surface area contributed by atoms with Gasteiger partial charge < -0.3 is 0 Å². The monoisotopic (exact) mass is 346 g/mol. The van der Waals surface area contributed by atoms with E-state index >= 15 is 0 Å². The average molecular weight is 346 g/mol. The first kappa shape index (κ1) is 18.8. The zero-order valence-electron chi connectivity index (χ0n) is 12.8. The molecule has 124 valence electrons. The number of nitrogens with one attached hydrogen (secondary N) is 1. The summed E-state index contributed by atoms with van der Waals surface area (Å²) in [4.78, 5) is 0. The molecule has 0 fully saturated rings. The van der Waals surface area contributed by atoms with E-state index in [0.29, 0.717) is 13.1 Å². The van der Waals surface area contributed by atoms with Crippen LogP contribution in [0.4, 0.5) is 0 Å². The molecule has 0 atom stereocenters. The number of sulfonamides is 2. The Morgan fingerprint density at radius 3 is 2.18 bits per heavy atom. The maximum atomic E-state index is 11.9. The molecule has 0 aliphatic heterocycles. The molecule has 0 aromatic heterocycles. The van der Waals surface area contributed by atoms with E-state index in [1.165, 1.54) is 10.4 Å². The van der Waals surface area contributed by atoms with Gasteiger partial charge in [0.25, 0.3) is 0 Å². The van der Waals surface area contributed by atoms with E-state index in [1.807, 2.05) is 6.07 Å². The van der Waals surface area contributed by atoms with Crippen LogP contribution in [0.3, 0.4) is 0 Å². The molecule has 0 saturated heterocycles. The Bertz CT molecular complexity index is 679. The Morgan fingerprint density at radius 1 is 1.05 bits per heavy atom. The van der Waals surface area contributed by atoms with Gasteiger partial charge in [0, 0.05) is 25.0 Å². The highest BCUT2D eigenvalue weighted by molar-refractivity contribution is 7.92. The van der Waals surface area contributed by atoms with Gasteiger partial charge in [-0.1, -0.05) is 44.2 Å². The Hall–Kier alpha value is -1.22. The normalized spacial score (nSPS) is 13.0. The van der Waals surface area contributed by atoms with E-state index in [9.17, 15) is 16.8 Å². The van der Waals surface area contributed by atoms with E-state index in [4.69, 9.17) is 0 Å². The van der Waals surface area contributed by atoms with Crippen molar-refractivity contribution in [1.29, 1.82) is 0 Å². The van der Waals surface area contributed by atoms with Gasteiger partial charge in [0.2, 0.25) is 20.0 Å². The molecular formula is C14H22N2O4S2. The Balaban J connectivity index is 2.58. The summed E-state index contributed by atoms with van der Waals surface area (Å²) in [5.41, 5.74) is 0.753. The molecule has 1 rings (SSSR count). The molecule has 1 aromatic rings. The van der Waals surface area contributed by atoms with Crippen molar-refractivity contribution >= 4 is 26.1 Å². The van der Waals surface area contributed by atoms with Crippen molar-refractivity contribution in [2.45, 2.75) is 13.8 Å². The molecule has 0 heterocycles. The second kappa shape index (κ2) is 8.42. The van der Waals surface area contributed by atoms with Crippen molar-refractivity contribution in [3.8, 4) is 0 Å². The molecule has 22 heavy (non-hydrogen) atoms. The van der Waals surface area contributed by atoms with Gasteiger partial charge in [0.1, 0.15) is 0 Å². The molecule has 8 heteroatoms. The first-order valence-corrected chi connectivity index (χ1v) is 10.2. The Labute approximate surface area is 132 Å². The average Bonchev–Trinajstić information content (AvgIpc) is 2.47. The summed E-state index contributed by atoms with van der Waals surface area (Å²) in [5, 5.41) is 1.03. The lowest BCUT2D eigenvalue weighted by molar-refractivity contribution is 0.445. The predicted octanol–water partition coefficient (Wildman–Crippen LogP) is 1.25. The van der Waals surface area contributed by atoms with Gasteiger partial charge in [0.15, 0.2) is 0 Å². The van der Waals surface area contributed by atoms with Crippen LogP contribution in [0.5, 0.6) is 0 Å². The molecule has 0 bridgehead atoms. The summed E-state index contributed by atoms with van der Waals surface area (Å²) in [6, 6.07) is 8.99. The highest BCUT2D eigenvalue weighted by atomic mass is 32.2. The Morgan fingerprint density at radius 2 is 1.64 bits per heavy atom. The maximum Gasteiger partial charge on any atom is 0.233 e. The maximum absolute atomic E-state index is 11.9. The predicted molar refractivity (Wildman–Crippen MR) is 89.1 cm³/mol. The summed E-state index contributed by atoms with van der Waals surface area (Å²) in [6.45, 7) is 4.08. The standard InChI is InChI=1S/C14H22N2O4S2/c1-3-16(4-2)22(19,20)13-11-15-21(17,18)12-10-14-8-6-5-7-9-14/h5-10,12,15H,3-4,11,13H2,1-2H3. The third-order valence-corrected chi connectivity index (χ3v) is 6.13. The molecule has 0 amide bonds. The number of nitrogens with zero attached hydrogens (tertiary/aromatic N) is 1. The van der Waals surface area contributed by atoms with Gasteiger partial charge in [-0.15, -0.1) is 0 Å². The topological polar surface area (TPSA) is 83.6 Å². The van der Waals surface area contributed by atoms with Gasteiger partial charge in [-0.25, -0.2) is 25.9 Å². The van der Waals surface area contributed by atoms with Gasteiger partial charge >= 0.3 is 0 Å². The van der Waals surface area contributed by atoms with Crippen LogP contribution in [0.15, 0.2) is 35.7 Å². The summed E-state index contributed by atoms with van der Waals surface area (Å²) >= 11 is 0. The SMILES string of the molecule is CCN(CC)S(=O)(=O)CCNS(=O)(=O)C=Cc1ccccc1. The van der Waals surface area contributed by atoms with E-state index in [1.54, 1.807) is 38.1 Å². The lowest BCUT2D eigenvalue weighted by Gasteiger charge is -2.18. The quantitative estimate of drug-likeness (QED) is 0.729. The fourth-order valence-electron chi connectivity index (χ4n) is 1.84. The fraction of sp³-hybridized carbons (Fsp3) is 0.429. The van der Waals surface area contributed by atoms with Crippen molar-refractivity contribution < 1.29 is 16.8 Å².